The van der Waals surface area contributed by atoms with Gasteiger partial charge in [-0.1, -0.05) is 12.1 Å². The van der Waals surface area contributed by atoms with Crippen molar-refractivity contribution in [2.24, 2.45) is 0 Å². The molecule has 1 atom stereocenters. The number of fused-ring (bicyclic) bond motifs is 1. The number of ether oxygens (including phenoxy) is 1. The number of halogens is 1. The fourth-order valence-electron chi connectivity index (χ4n) is 1.57. The summed E-state index contributed by atoms with van der Waals surface area (Å²) in [4.78, 5) is 11.0. The number of hydrogen-bond donors (Lipinski definition) is 1. The van der Waals surface area contributed by atoms with Crippen LogP contribution in [0.15, 0.2) is 23.1 Å². The summed E-state index contributed by atoms with van der Waals surface area (Å²) in [5.41, 5.74) is 0.817. The minimum Gasteiger partial charge on any atom is -0.450 e. The van der Waals surface area contributed by atoms with Crippen LogP contribution in [0.5, 0.6) is 0 Å². The van der Waals surface area contributed by atoms with Gasteiger partial charge in [0.1, 0.15) is 11.9 Å². The molecule has 0 aromatic heterocycles. The summed E-state index contributed by atoms with van der Waals surface area (Å²) in [7, 11) is 0. The van der Waals surface area contributed by atoms with Crippen molar-refractivity contribution in [3.63, 3.8) is 0 Å². The molecule has 15 heavy (non-hydrogen) atoms. The van der Waals surface area contributed by atoms with E-state index in [0.29, 0.717) is 17.1 Å². The lowest BCUT2D eigenvalue weighted by Crippen LogP contribution is -2.25. The molecule has 1 unspecified atom stereocenters. The highest BCUT2D eigenvalue weighted by molar-refractivity contribution is 7.99. The van der Waals surface area contributed by atoms with Crippen molar-refractivity contribution < 1.29 is 19.0 Å². The summed E-state index contributed by atoms with van der Waals surface area (Å²) in [5, 5.41) is 8.46. The molecule has 1 aromatic carbocycles. The molecule has 0 saturated heterocycles. The molecule has 0 radical (unpaired) electrons. The van der Waals surface area contributed by atoms with Crippen LogP contribution >= 0.6 is 11.8 Å². The Kier molecular flexibility index (Phi) is 2.81. The first-order valence-corrected chi connectivity index (χ1v) is 5.45. The van der Waals surface area contributed by atoms with E-state index < -0.39 is 6.16 Å². The minimum absolute atomic E-state index is 0.244. The van der Waals surface area contributed by atoms with Crippen molar-refractivity contribution in [2.45, 2.75) is 17.4 Å². The second kappa shape index (κ2) is 4.10. The zero-order chi connectivity index (χ0) is 10.8. The van der Waals surface area contributed by atoms with Gasteiger partial charge in [-0.2, -0.15) is 0 Å². The Morgan fingerprint density at radius 2 is 2.40 bits per heavy atom. The van der Waals surface area contributed by atoms with E-state index in [-0.39, 0.29) is 11.9 Å². The predicted molar refractivity (Wildman–Crippen MR) is 53.7 cm³/mol. The molecular weight excluding hydrogens is 219 g/mol. The zero-order valence-corrected chi connectivity index (χ0v) is 8.59. The number of thioether (sulfide) groups is 1. The molecular formula is C10H9FO3S. The third kappa shape index (κ3) is 2.23. The molecule has 1 aliphatic rings. The van der Waals surface area contributed by atoms with Crippen LogP contribution in [0.4, 0.5) is 9.18 Å². The second-order valence-electron chi connectivity index (χ2n) is 3.25. The number of benzene rings is 1. The SMILES string of the molecule is O=C(O)OC1CSc2c(F)cccc2C1. The lowest BCUT2D eigenvalue weighted by atomic mass is 10.1. The maximum atomic E-state index is 13.3. The Labute approximate surface area is 90.2 Å². The zero-order valence-electron chi connectivity index (χ0n) is 7.77. The van der Waals surface area contributed by atoms with E-state index in [1.54, 1.807) is 12.1 Å². The molecule has 1 heterocycles. The highest BCUT2D eigenvalue weighted by Crippen LogP contribution is 2.33. The van der Waals surface area contributed by atoms with Crippen molar-refractivity contribution in [2.75, 3.05) is 5.75 Å². The highest BCUT2D eigenvalue weighted by atomic mass is 32.2. The molecule has 0 aliphatic carbocycles. The van der Waals surface area contributed by atoms with Crippen molar-refractivity contribution in [3.05, 3.63) is 29.6 Å². The number of rotatable bonds is 1. The minimum atomic E-state index is -1.28. The van der Waals surface area contributed by atoms with Gasteiger partial charge in [0.05, 0.1) is 0 Å². The van der Waals surface area contributed by atoms with Crippen LogP contribution in [0.3, 0.4) is 0 Å². The first-order valence-electron chi connectivity index (χ1n) is 4.46. The fraction of sp³-hybridized carbons (Fsp3) is 0.300. The summed E-state index contributed by atoms with van der Waals surface area (Å²) in [6.45, 7) is 0. The van der Waals surface area contributed by atoms with Crippen molar-refractivity contribution >= 4 is 17.9 Å². The first-order chi connectivity index (χ1) is 7.16. The fourth-order valence-corrected chi connectivity index (χ4v) is 2.66. The van der Waals surface area contributed by atoms with Crippen LogP contribution in [0.2, 0.25) is 0 Å². The van der Waals surface area contributed by atoms with Gasteiger partial charge < -0.3 is 9.84 Å². The van der Waals surface area contributed by atoms with Gasteiger partial charge in [0.15, 0.2) is 0 Å². The summed E-state index contributed by atoms with van der Waals surface area (Å²) in [6, 6.07) is 4.82. The van der Waals surface area contributed by atoms with Gasteiger partial charge in [-0.15, -0.1) is 11.8 Å². The van der Waals surface area contributed by atoms with Gasteiger partial charge >= 0.3 is 6.16 Å². The number of carbonyl (C=O) groups is 1. The first kappa shape index (κ1) is 10.3. The Hall–Kier alpha value is -1.23. The second-order valence-corrected chi connectivity index (χ2v) is 4.28. The maximum Gasteiger partial charge on any atom is 0.506 e. The van der Waals surface area contributed by atoms with Crippen LogP contribution in [-0.2, 0) is 11.2 Å². The molecule has 1 aliphatic heterocycles. The molecule has 1 N–H and O–H groups in total. The van der Waals surface area contributed by atoms with E-state index in [0.717, 1.165) is 5.56 Å². The highest BCUT2D eigenvalue weighted by Gasteiger charge is 2.23. The van der Waals surface area contributed by atoms with Crippen molar-refractivity contribution in [1.82, 2.24) is 0 Å². The van der Waals surface area contributed by atoms with E-state index in [2.05, 4.69) is 4.74 Å². The Morgan fingerprint density at radius 1 is 1.60 bits per heavy atom. The van der Waals surface area contributed by atoms with E-state index in [1.807, 2.05) is 0 Å². The quantitative estimate of drug-likeness (QED) is 0.750. The molecule has 0 spiro atoms. The average Bonchev–Trinajstić information content (AvgIpc) is 2.17. The Bertz CT molecular complexity index is 394. The van der Waals surface area contributed by atoms with Gasteiger partial charge in [-0.25, -0.2) is 9.18 Å². The third-order valence-electron chi connectivity index (χ3n) is 2.18. The monoisotopic (exact) mass is 228 g/mol. The Balaban J connectivity index is 2.17. The Morgan fingerprint density at radius 3 is 3.13 bits per heavy atom. The molecule has 0 fully saturated rings. The van der Waals surface area contributed by atoms with Crippen LogP contribution in [0, 0.1) is 5.82 Å². The van der Waals surface area contributed by atoms with Gasteiger partial charge in [-0.3, -0.25) is 0 Å². The summed E-state index contributed by atoms with van der Waals surface area (Å²) in [6.07, 6.45) is -1.20. The van der Waals surface area contributed by atoms with Gasteiger partial charge in [0.2, 0.25) is 0 Å². The van der Waals surface area contributed by atoms with E-state index in [1.165, 1.54) is 17.8 Å². The predicted octanol–water partition coefficient (Wildman–Crippen LogP) is 2.54. The van der Waals surface area contributed by atoms with Gasteiger partial charge in [0.25, 0.3) is 0 Å². The molecule has 80 valence electrons. The average molecular weight is 228 g/mol. The largest absolute Gasteiger partial charge is 0.506 e. The summed E-state index contributed by atoms with van der Waals surface area (Å²) < 4.78 is 17.9. The maximum absolute atomic E-state index is 13.3. The smallest absolute Gasteiger partial charge is 0.450 e. The summed E-state index contributed by atoms with van der Waals surface area (Å²) >= 11 is 1.30. The molecule has 0 saturated carbocycles. The lowest BCUT2D eigenvalue weighted by Gasteiger charge is -2.23. The van der Waals surface area contributed by atoms with Gasteiger partial charge in [-0.05, 0) is 11.6 Å². The van der Waals surface area contributed by atoms with Crippen molar-refractivity contribution in [3.8, 4) is 0 Å². The van der Waals surface area contributed by atoms with E-state index in [4.69, 9.17) is 5.11 Å². The van der Waals surface area contributed by atoms with Crippen LogP contribution in [0.25, 0.3) is 0 Å². The van der Waals surface area contributed by atoms with E-state index >= 15 is 0 Å². The lowest BCUT2D eigenvalue weighted by molar-refractivity contribution is 0.0601. The van der Waals surface area contributed by atoms with Crippen LogP contribution < -0.4 is 0 Å². The number of hydrogen-bond acceptors (Lipinski definition) is 3. The van der Waals surface area contributed by atoms with Crippen LogP contribution in [-0.4, -0.2) is 23.1 Å². The molecule has 5 heteroatoms. The standard InChI is InChI=1S/C10H9FO3S/c11-8-3-1-2-6-4-7(14-10(12)13)5-15-9(6)8/h1-3,7H,4-5H2,(H,12,13). The van der Waals surface area contributed by atoms with Crippen LogP contribution in [0.1, 0.15) is 5.56 Å². The topological polar surface area (TPSA) is 46.5 Å². The van der Waals surface area contributed by atoms with Gasteiger partial charge in [0, 0.05) is 17.1 Å². The third-order valence-corrected chi connectivity index (χ3v) is 3.46. The molecule has 0 bridgehead atoms. The molecule has 2 rings (SSSR count). The van der Waals surface area contributed by atoms with Crippen molar-refractivity contribution in [1.29, 1.82) is 0 Å². The summed E-state index contributed by atoms with van der Waals surface area (Å²) in [5.74, 6) is 0.228. The molecule has 1 aromatic rings. The normalized spacial score (nSPS) is 19.4. The van der Waals surface area contributed by atoms with E-state index in [9.17, 15) is 9.18 Å². The molecule has 0 amide bonds. The molecule has 3 nitrogen and oxygen atoms in total. The number of carboxylic acid groups (broad SMARTS) is 1.